The predicted molar refractivity (Wildman–Crippen MR) is 49.0 cm³/mol. The maximum absolute atomic E-state index is 5.78. The van der Waals surface area contributed by atoms with Gasteiger partial charge in [-0.25, -0.2) is 0 Å². The normalized spacial score (nSPS) is 35.5. The second-order valence-corrected chi connectivity index (χ2v) is 4.64. The Morgan fingerprint density at radius 1 is 1.33 bits per heavy atom. The molecule has 12 heavy (non-hydrogen) atoms. The fraction of sp³-hybridized carbons (Fsp3) is 1.00. The molecule has 1 rings (SSSR count). The summed E-state index contributed by atoms with van der Waals surface area (Å²) in [7, 11) is 0. The molecule has 1 saturated heterocycles. The highest BCUT2D eigenvalue weighted by Crippen LogP contribution is 2.30. The smallest absolute Gasteiger partial charge is 0.160 e. The van der Waals surface area contributed by atoms with E-state index >= 15 is 0 Å². The Morgan fingerprint density at radius 2 is 1.92 bits per heavy atom. The average Bonchev–Trinajstić information content (AvgIpc) is 1.82. The highest BCUT2D eigenvalue weighted by molar-refractivity contribution is 4.78. The van der Waals surface area contributed by atoms with Crippen LogP contribution in [-0.4, -0.2) is 18.0 Å². The molecular weight excluding hydrogens is 152 g/mol. The summed E-state index contributed by atoms with van der Waals surface area (Å²) in [4.78, 5) is 0. The van der Waals surface area contributed by atoms with Gasteiger partial charge >= 0.3 is 0 Å². The van der Waals surface area contributed by atoms with Crippen molar-refractivity contribution in [2.75, 3.05) is 0 Å². The Bertz CT molecular complexity index is 152. The molecule has 0 saturated carbocycles. The minimum absolute atomic E-state index is 0.0212. The molecule has 1 aliphatic rings. The van der Waals surface area contributed by atoms with E-state index < -0.39 is 0 Å². The molecule has 2 atom stereocenters. The molecular formula is C10H20O2. The van der Waals surface area contributed by atoms with Crippen molar-refractivity contribution in [3.05, 3.63) is 0 Å². The van der Waals surface area contributed by atoms with Gasteiger partial charge in [0.15, 0.2) is 6.29 Å². The molecule has 2 heteroatoms. The van der Waals surface area contributed by atoms with Gasteiger partial charge in [-0.3, -0.25) is 0 Å². The number of hydrogen-bond acceptors (Lipinski definition) is 2. The van der Waals surface area contributed by atoms with Crippen molar-refractivity contribution >= 4 is 0 Å². The standard InChI is InChI=1S/C10H20O2/c1-7(2)9-11-8(3)6-10(4,5)12-9/h7-9H,6H2,1-5H3/t8-,9+/m0/s1. The molecule has 1 aliphatic heterocycles. The lowest BCUT2D eigenvalue weighted by Gasteiger charge is -2.41. The van der Waals surface area contributed by atoms with E-state index in [0.717, 1.165) is 6.42 Å². The summed E-state index contributed by atoms with van der Waals surface area (Å²) >= 11 is 0. The molecule has 0 aliphatic carbocycles. The molecule has 0 radical (unpaired) electrons. The maximum atomic E-state index is 5.78. The van der Waals surface area contributed by atoms with Crippen molar-refractivity contribution in [1.29, 1.82) is 0 Å². The second kappa shape index (κ2) is 3.35. The first-order valence-corrected chi connectivity index (χ1v) is 4.74. The molecule has 0 N–H and O–H groups in total. The van der Waals surface area contributed by atoms with E-state index in [4.69, 9.17) is 9.47 Å². The molecule has 0 spiro atoms. The summed E-state index contributed by atoms with van der Waals surface area (Å²) in [5.74, 6) is 0.437. The quantitative estimate of drug-likeness (QED) is 0.605. The van der Waals surface area contributed by atoms with Crippen molar-refractivity contribution in [1.82, 2.24) is 0 Å². The van der Waals surface area contributed by atoms with Gasteiger partial charge in [-0.1, -0.05) is 13.8 Å². The second-order valence-electron chi connectivity index (χ2n) is 4.64. The van der Waals surface area contributed by atoms with Gasteiger partial charge in [-0.05, 0) is 20.8 Å². The van der Waals surface area contributed by atoms with Crippen LogP contribution in [0.25, 0.3) is 0 Å². The van der Waals surface area contributed by atoms with Gasteiger partial charge in [-0.15, -0.1) is 0 Å². The van der Waals surface area contributed by atoms with E-state index in [2.05, 4.69) is 34.6 Å². The summed E-state index contributed by atoms with van der Waals surface area (Å²) in [6.45, 7) is 10.6. The van der Waals surface area contributed by atoms with Crippen LogP contribution < -0.4 is 0 Å². The lowest BCUT2D eigenvalue weighted by Crippen LogP contribution is -2.45. The molecule has 1 fully saturated rings. The Kier molecular flexibility index (Phi) is 2.79. The zero-order chi connectivity index (χ0) is 9.35. The minimum atomic E-state index is -0.0243. The lowest BCUT2D eigenvalue weighted by molar-refractivity contribution is -0.283. The van der Waals surface area contributed by atoms with Crippen molar-refractivity contribution in [3.63, 3.8) is 0 Å². The third-order valence-electron chi connectivity index (χ3n) is 2.12. The molecule has 0 bridgehead atoms. The fourth-order valence-corrected chi connectivity index (χ4v) is 1.65. The number of hydrogen-bond donors (Lipinski definition) is 0. The van der Waals surface area contributed by atoms with Crippen LogP contribution in [0, 0.1) is 5.92 Å². The topological polar surface area (TPSA) is 18.5 Å². The zero-order valence-electron chi connectivity index (χ0n) is 8.76. The van der Waals surface area contributed by atoms with Crippen molar-refractivity contribution in [3.8, 4) is 0 Å². The van der Waals surface area contributed by atoms with Gasteiger partial charge in [0, 0.05) is 12.3 Å². The molecule has 0 aromatic heterocycles. The van der Waals surface area contributed by atoms with Gasteiger partial charge in [0.2, 0.25) is 0 Å². The predicted octanol–water partition coefficient (Wildman–Crippen LogP) is 2.57. The molecule has 0 unspecified atom stereocenters. The van der Waals surface area contributed by atoms with Crippen molar-refractivity contribution in [2.24, 2.45) is 5.92 Å². The third-order valence-corrected chi connectivity index (χ3v) is 2.12. The molecule has 2 nitrogen and oxygen atoms in total. The summed E-state index contributed by atoms with van der Waals surface area (Å²) < 4.78 is 11.4. The first-order valence-electron chi connectivity index (χ1n) is 4.74. The van der Waals surface area contributed by atoms with Crippen LogP contribution in [0.1, 0.15) is 41.0 Å². The first kappa shape index (κ1) is 10.0. The van der Waals surface area contributed by atoms with Crippen LogP contribution in [0.2, 0.25) is 0 Å². The number of ether oxygens (including phenoxy) is 2. The Morgan fingerprint density at radius 3 is 2.33 bits per heavy atom. The van der Waals surface area contributed by atoms with Gasteiger partial charge in [0.1, 0.15) is 0 Å². The van der Waals surface area contributed by atoms with E-state index in [9.17, 15) is 0 Å². The number of rotatable bonds is 1. The average molecular weight is 172 g/mol. The van der Waals surface area contributed by atoms with E-state index in [1.165, 1.54) is 0 Å². The first-order chi connectivity index (χ1) is 5.41. The van der Waals surface area contributed by atoms with Crippen LogP contribution in [0.4, 0.5) is 0 Å². The monoisotopic (exact) mass is 172 g/mol. The van der Waals surface area contributed by atoms with Crippen LogP contribution in [0.5, 0.6) is 0 Å². The molecule has 0 aromatic carbocycles. The summed E-state index contributed by atoms with van der Waals surface area (Å²) in [5, 5.41) is 0. The molecule has 1 heterocycles. The van der Waals surface area contributed by atoms with Gasteiger partial charge < -0.3 is 9.47 Å². The van der Waals surface area contributed by atoms with E-state index in [1.807, 2.05) is 0 Å². The summed E-state index contributed by atoms with van der Waals surface area (Å²) in [5.41, 5.74) is -0.0212. The Balaban J connectivity index is 2.58. The van der Waals surface area contributed by atoms with Crippen LogP contribution >= 0.6 is 0 Å². The molecule has 0 aromatic rings. The maximum Gasteiger partial charge on any atom is 0.160 e. The van der Waals surface area contributed by atoms with E-state index in [-0.39, 0.29) is 11.9 Å². The summed E-state index contributed by atoms with van der Waals surface area (Å²) in [6.07, 6.45) is 1.28. The highest BCUT2D eigenvalue weighted by Gasteiger charge is 2.34. The third kappa shape index (κ3) is 2.46. The van der Waals surface area contributed by atoms with Crippen LogP contribution in [-0.2, 0) is 9.47 Å². The van der Waals surface area contributed by atoms with Crippen LogP contribution in [0.3, 0.4) is 0 Å². The summed E-state index contributed by atoms with van der Waals surface area (Å²) in [6, 6.07) is 0. The zero-order valence-corrected chi connectivity index (χ0v) is 8.76. The largest absolute Gasteiger partial charge is 0.349 e. The Hall–Kier alpha value is -0.0800. The van der Waals surface area contributed by atoms with Crippen molar-refractivity contribution in [2.45, 2.75) is 59.0 Å². The van der Waals surface area contributed by atoms with Gasteiger partial charge in [0.05, 0.1) is 11.7 Å². The van der Waals surface area contributed by atoms with Crippen LogP contribution in [0.15, 0.2) is 0 Å². The SMILES string of the molecule is CC(C)[C@@H]1O[C@@H](C)CC(C)(C)O1. The minimum Gasteiger partial charge on any atom is -0.349 e. The highest BCUT2D eigenvalue weighted by atomic mass is 16.7. The van der Waals surface area contributed by atoms with Gasteiger partial charge in [0.25, 0.3) is 0 Å². The molecule has 72 valence electrons. The van der Waals surface area contributed by atoms with Gasteiger partial charge in [-0.2, -0.15) is 0 Å². The van der Waals surface area contributed by atoms with E-state index in [0.29, 0.717) is 12.0 Å². The van der Waals surface area contributed by atoms with Crippen molar-refractivity contribution < 1.29 is 9.47 Å². The fourth-order valence-electron chi connectivity index (χ4n) is 1.65. The molecule has 0 amide bonds. The Labute approximate surface area is 75.2 Å². The lowest BCUT2D eigenvalue weighted by atomic mass is 9.99. The van der Waals surface area contributed by atoms with E-state index in [1.54, 1.807) is 0 Å².